The summed E-state index contributed by atoms with van der Waals surface area (Å²) in [5, 5.41) is 2.94. The van der Waals surface area contributed by atoms with Crippen molar-refractivity contribution in [3.63, 3.8) is 0 Å². The summed E-state index contributed by atoms with van der Waals surface area (Å²) in [6.45, 7) is 10.3. The van der Waals surface area contributed by atoms with Crippen molar-refractivity contribution in [2.45, 2.75) is 40.5 Å². The van der Waals surface area contributed by atoms with Crippen molar-refractivity contribution in [1.29, 1.82) is 0 Å². The molecule has 0 heterocycles. The van der Waals surface area contributed by atoms with Crippen LogP contribution in [0.5, 0.6) is 5.75 Å². The number of rotatable bonds is 5. The van der Waals surface area contributed by atoms with Crippen LogP contribution in [-0.4, -0.2) is 12.5 Å². The summed E-state index contributed by atoms with van der Waals surface area (Å²) in [7, 11) is 0. The van der Waals surface area contributed by atoms with Crippen LogP contribution in [0.1, 0.15) is 42.0 Å². The maximum absolute atomic E-state index is 12.3. The van der Waals surface area contributed by atoms with E-state index in [1.165, 1.54) is 3.57 Å². The zero-order chi connectivity index (χ0) is 17.9. The molecule has 0 aromatic heterocycles. The van der Waals surface area contributed by atoms with E-state index >= 15 is 0 Å². The molecule has 0 fully saturated rings. The predicted molar refractivity (Wildman–Crippen MR) is 108 cm³/mol. The van der Waals surface area contributed by atoms with Crippen LogP contribution < -0.4 is 10.1 Å². The molecule has 4 heteroatoms. The van der Waals surface area contributed by atoms with Crippen LogP contribution >= 0.6 is 22.6 Å². The van der Waals surface area contributed by atoms with Gasteiger partial charge in [-0.2, -0.15) is 0 Å². The van der Waals surface area contributed by atoms with Crippen molar-refractivity contribution in [2.24, 2.45) is 0 Å². The van der Waals surface area contributed by atoms with Crippen LogP contribution in [0, 0.1) is 24.3 Å². The number of halogens is 1. The molecule has 0 saturated carbocycles. The first-order valence-electron chi connectivity index (χ1n) is 8.08. The Morgan fingerprint density at radius 1 is 1.12 bits per heavy atom. The largest absolute Gasteiger partial charge is 0.483 e. The maximum Gasteiger partial charge on any atom is 0.262 e. The van der Waals surface area contributed by atoms with E-state index in [-0.39, 0.29) is 12.5 Å². The van der Waals surface area contributed by atoms with E-state index in [1.54, 1.807) is 0 Å². The molecular formula is C20H24INO2. The molecule has 1 N–H and O–H groups in total. The van der Waals surface area contributed by atoms with Gasteiger partial charge in [0.2, 0.25) is 0 Å². The Balaban J connectivity index is 2.07. The van der Waals surface area contributed by atoms with Gasteiger partial charge in [-0.15, -0.1) is 0 Å². The van der Waals surface area contributed by atoms with Gasteiger partial charge in [-0.3, -0.25) is 4.79 Å². The molecule has 2 aromatic carbocycles. The Kier molecular flexibility index (Phi) is 6.27. The minimum Gasteiger partial charge on any atom is -0.483 e. The first-order chi connectivity index (χ1) is 11.3. The molecule has 2 rings (SSSR count). The molecule has 1 amide bonds. The van der Waals surface area contributed by atoms with E-state index in [0.29, 0.717) is 5.92 Å². The molecular weight excluding hydrogens is 413 g/mol. The van der Waals surface area contributed by atoms with E-state index in [1.807, 2.05) is 32.9 Å². The van der Waals surface area contributed by atoms with Gasteiger partial charge >= 0.3 is 0 Å². The second kappa shape index (κ2) is 8.01. The molecule has 0 aliphatic carbocycles. The summed E-state index contributed by atoms with van der Waals surface area (Å²) < 4.78 is 6.99. The highest BCUT2D eigenvalue weighted by atomic mass is 127. The van der Waals surface area contributed by atoms with Gasteiger partial charge in [0, 0.05) is 9.26 Å². The number of benzene rings is 2. The molecule has 24 heavy (non-hydrogen) atoms. The lowest BCUT2D eigenvalue weighted by molar-refractivity contribution is -0.118. The zero-order valence-corrected chi connectivity index (χ0v) is 17.0. The number of aryl methyl sites for hydroxylation is 3. The number of carbonyl (C=O) groups is 1. The molecule has 0 spiro atoms. The summed E-state index contributed by atoms with van der Waals surface area (Å²) >= 11 is 2.30. The van der Waals surface area contributed by atoms with Crippen LogP contribution in [0.4, 0.5) is 5.69 Å². The van der Waals surface area contributed by atoms with Crippen molar-refractivity contribution < 1.29 is 9.53 Å². The predicted octanol–water partition coefficient (Wildman–Crippen LogP) is 5.36. The van der Waals surface area contributed by atoms with E-state index in [2.05, 4.69) is 60.0 Å². The van der Waals surface area contributed by atoms with Gasteiger partial charge in [0.05, 0.1) is 0 Å². The number of anilines is 1. The van der Waals surface area contributed by atoms with Gasteiger partial charge < -0.3 is 10.1 Å². The Morgan fingerprint density at radius 2 is 1.83 bits per heavy atom. The number of amides is 1. The Hall–Kier alpha value is -1.56. The van der Waals surface area contributed by atoms with Crippen molar-refractivity contribution in [3.8, 4) is 5.75 Å². The third-order valence-electron chi connectivity index (χ3n) is 3.93. The maximum atomic E-state index is 12.3. The first kappa shape index (κ1) is 18.8. The van der Waals surface area contributed by atoms with Crippen molar-refractivity contribution in [2.75, 3.05) is 11.9 Å². The fraction of sp³-hybridized carbons (Fsp3) is 0.350. The van der Waals surface area contributed by atoms with E-state index < -0.39 is 0 Å². The lowest BCUT2D eigenvalue weighted by atomic mass is 10.0. The summed E-state index contributed by atoms with van der Waals surface area (Å²) in [5.41, 5.74) is 5.29. The van der Waals surface area contributed by atoms with Crippen LogP contribution in [0.15, 0.2) is 30.3 Å². The Bertz CT molecular complexity index is 754. The molecule has 0 saturated heterocycles. The smallest absolute Gasteiger partial charge is 0.262 e. The average Bonchev–Trinajstić information content (AvgIpc) is 2.50. The van der Waals surface area contributed by atoms with Gasteiger partial charge in [0.1, 0.15) is 5.75 Å². The SMILES string of the molecule is Cc1ccc(C(C)C)c(OCC(=O)Nc2cc(C)c(I)cc2C)c1. The molecule has 128 valence electrons. The third-order valence-corrected chi connectivity index (χ3v) is 5.09. The van der Waals surface area contributed by atoms with Gasteiger partial charge in [-0.05, 0) is 89.7 Å². The van der Waals surface area contributed by atoms with E-state index in [0.717, 1.165) is 33.7 Å². The number of hydrogen-bond acceptors (Lipinski definition) is 2. The number of carbonyl (C=O) groups excluding carboxylic acids is 1. The molecule has 0 unspecified atom stereocenters. The van der Waals surface area contributed by atoms with Gasteiger partial charge in [-0.25, -0.2) is 0 Å². The monoisotopic (exact) mass is 437 g/mol. The highest BCUT2D eigenvalue weighted by Gasteiger charge is 2.11. The Morgan fingerprint density at radius 3 is 2.50 bits per heavy atom. The van der Waals surface area contributed by atoms with E-state index in [4.69, 9.17) is 4.74 Å². The second-order valence-electron chi connectivity index (χ2n) is 6.45. The fourth-order valence-corrected chi connectivity index (χ4v) is 3.11. The number of ether oxygens (including phenoxy) is 1. The molecule has 0 atom stereocenters. The van der Waals surface area contributed by atoms with Gasteiger partial charge in [0.25, 0.3) is 5.91 Å². The topological polar surface area (TPSA) is 38.3 Å². The van der Waals surface area contributed by atoms with Gasteiger partial charge in [0.15, 0.2) is 6.61 Å². The lowest BCUT2D eigenvalue weighted by Gasteiger charge is -2.15. The standard InChI is InChI=1S/C20H24INO2/c1-12(2)16-7-6-13(3)8-19(16)24-11-20(23)22-18-10-14(4)17(21)9-15(18)5/h6-10,12H,11H2,1-5H3,(H,22,23). The van der Waals surface area contributed by atoms with Crippen molar-refractivity contribution in [1.82, 2.24) is 0 Å². The quantitative estimate of drug-likeness (QED) is 0.640. The highest BCUT2D eigenvalue weighted by molar-refractivity contribution is 14.1. The minimum atomic E-state index is -0.144. The summed E-state index contributed by atoms with van der Waals surface area (Å²) in [6.07, 6.45) is 0. The third kappa shape index (κ3) is 4.72. The minimum absolute atomic E-state index is 0.00759. The molecule has 0 bridgehead atoms. The van der Waals surface area contributed by atoms with Gasteiger partial charge in [-0.1, -0.05) is 26.0 Å². The van der Waals surface area contributed by atoms with E-state index in [9.17, 15) is 4.79 Å². The van der Waals surface area contributed by atoms with Crippen molar-refractivity contribution in [3.05, 3.63) is 56.2 Å². The van der Waals surface area contributed by atoms with Crippen LogP contribution in [0.2, 0.25) is 0 Å². The van der Waals surface area contributed by atoms with Crippen LogP contribution in [-0.2, 0) is 4.79 Å². The van der Waals surface area contributed by atoms with Crippen LogP contribution in [0.25, 0.3) is 0 Å². The molecule has 2 aromatic rings. The molecule has 0 aliphatic rings. The first-order valence-corrected chi connectivity index (χ1v) is 9.15. The normalized spacial score (nSPS) is 10.8. The zero-order valence-electron chi connectivity index (χ0n) is 14.9. The Labute approximate surface area is 157 Å². The number of nitrogens with one attached hydrogen (secondary N) is 1. The second-order valence-corrected chi connectivity index (χ2v) is 7.61. The average molecular weight is 437 g/mol. The highest BCUT2D eigenvalue weighted by Crippen LogP contribution is 2.27. The summed E-state index contributed by atoms with van der Waals surface area (Å²) in [4.78, 5) is 12.3. The molecule has 0 radical (unpaired) electrons. The fourth-order valence-electron chi connectivity index (χ4n) is 2.49. The molecule has 0 aliphatic heterocycles. The lowest BCUT2D eigenvalue weighted by Crippen LogP contribution is -2.21. The van der Waals surface area contributed by atoms with Crippen molar-refractivity contribution >= 4 is 34.2 Å². The molecule has 3 nitrogen and oxygen atoms in total. The summed E-state index contributed by atoms with van der Waals surface area (Å²) in [6, 6.07) is 10.2. The number of hydrogen-bond donors (Lipinski definition) is 1. The van der Waals surface area contributed by atoms with Crippen LogP contribution in [0.3, 0.4) is 0 Å². The summed E-state index contributed by atoms with van der Waals surface area (Å²) in [5.74, 6) is 0.996.